The second-order valence-corrected chi connectivity index (χ2v) is 6.59. The van der Waals surface area contributed by atoms with Crippen molar-refractivity contribution >= 4 is 11.7 Å². The van der Waals surface area contributed by atoms with Gasteiger partial charge in [-0.1, -0.05) is 25.5 Å². The van der Waals surface area contributed by atoms with Gasteiger partial charge in [-0.2, -0.15) is 0 Å². The van der Waals surface area contributed by atoms with Gasteiger partial charge >= 0.3 is 6.03 Å². The number of urea groups is 1. The molecule has 0 aliphatic heterocycles. The van der Waals surface area contributed by atoms with Crippen molar-refractivity contribution in [3.8, 4) is 17.2 Å². The predicted molar refractivity (Wildman–Crippen MR) is 112 cm³/mol. The van der Waals surface area contributed by atoms with Crippen LogP contribution in [-0.4, -0.2) is 27.4 Å². The zero-order valence-corrected chi connectivity index (χ0v) is 17.3. The Kier molecular flexibility index (Phi) is 7.99. The largest absolute Gasteiger partial charge is 0.493 e. The molecule has 2 N–H and O–H groups in total. The fourth-order valence-corrected chi connectivity index (χ4v) is 2.99. The normalized spacial score (nSPS) is 10.3. The molecule has 0 saturated heterocycles. The lowest BCUT2D eigenvalue weighted by molar-refractivity contribution is 0.251. The third-order valence-corrected chi connectivity index (χ3v) is 4.54. The molecule has 6 heteroatoms. The summed E-state index contributed by atoms with van der Waals surface area (Å²) in [5.74, 6) is 1.63. The summed E-state index contributed by atoms with van der Waals surface area (Å²) >= 11 is 0. The maximum Gasteiger partial charge on any atom is 0.319 e. The number of amides is 2. The lowest BCUT2D eigenvalue weighted by atomic mass is 10.0. The highest BCUT2D eigenvalue weighted by atomic mass is 16.5. The van der Waals surface area contributed by atoms with E-state index < -0.39 is 0 Å². The van der Waals surface area contributed by atoms with E-state index in [-0.39, 0.29) is 6.03 Å². The average Bonchev–Trinajstić information content (AvgIpc) is 2.71. The van der Waals surface area contributed by atoms with Gasteiger partial charge < -0.3 is 24.8 Å². The van der Waals surface area contributed by atoms with E-state index in [0.717, 1.165) is 23.2 Å². The Labute approximate surface area is 167 Å². The van der Waals surface area contributed by atoms with Crippen molar-refractivity contribution in [1.29, 1.82) is 0 Å². The van der Waals surface area contributed by atoms with E-state index in [2.05, 4.69) is 29.7 Å². The molecule has 0 radical (unpaired) electrons. The number of hydrogen-bond donors (Lipinski definition) is 2. The van der Waals surface area contributed by atoms with Gasteiger partial charge in [0.2, 0.25) is 5.75 Å². The van der Waals surface area contributed by atoms with Crippen LogP contribution in [0.3, 0.4) is 0 Å². The molecular formula is C22H30N2O4. The Morgan fingerprint density at radius 3 is 2.18 bits per heavy atom. The maximum absolute atomic E-state index is 12.3. The number of ether oxygens (including phenoxy) is 3. The maximum atomic E-state index is 12.3. The molecule has 2 aromatic rings. The van der Waals surface area contributed by atoms with Crippen LogP contribution in [0.5, 0.6) is 17.2 Å². The number of benzene rings is 2. The highest BCUT2D eigenvalue weighted by Gasteiger charge is 2.14. The SMILES string of the molecule is CCCCc1ccc(NC(=O)NCc2cc(OC)c(OC)c(OC)c2)c(C)c1. The zero-order chi connectivity index (χ0) is 20.5. The van der Waals surface area contributed by atoms with Crippen LogP contribution in [0.25, 0.3) is 0 Å². The molecule has 0 aliphatic carbocycles. The second kappa shape index (κ2) is 10.4. The van der Waals surface area contributed by atoms with Gasteiger partial charge in [-0.05, 0) is 54.7 Å². The summed E-state index contributed by atoms with van der Waals surface area (Å²) in [6.45, 7) is 4.52. The number of carbonyl (C=O) groups is 1. The summed E-state index contributed by atoms with van der Waals surface area (Å²) in [6, 6.07) is 9.52. The van der Waals surface area contributed by atoms with Crippen LogP contribution in [0.1, 0.15) is 36.5 Å². The topological polar surface area (TPSA) is 68.8 Å². The quantitative estimate of drug-likeness (QED) is 0.656. The van der Waals surface area contributed by atoms with E-state index >= 15 is 0 Å². The molecular weight excluding hydrogens is 356 g/mol. The summed E-state index contributed by atoms with van der Waals surface area (Å²) in [5.41, 5.74) is 4.00. The monoisotopic (exact) mass is 386 g/mol. The van der Waals surface area contributed by atoms with Crippen LogP contribution in [0.4, 0.5) is 10.5 Å². The van der Waals surface area contributed by atoms with Crippen molar-refractivity contribution in [3.63, 3.8) is 0 Å². The minimum absolute atomic E-state index is 0.266. The number of hydrogen-bond acceptors (Lipinski definition) is 4. The number of anilines is 1. The van der Waals surface area contributed by atoms with Crippen molar-refractivity contribution in [3.05, 3.63) is 47.0 Å². The van der Waals surface area contributed by atoms with Gasteiger partial charge in [0, 0.05) is 12.2 Å². The third-order valence-electron chi connectivity index (χ3n) is 4.54. The van der Waals surface area contributed by atoms with Crippen molar-refractivity contribution in [2.24, 2.45) is 0 Å². The number of methoxy groups -OCH3 is 3. The third kappa shape index (κ3) is 5.55. The Bertz CT molecular complexity index is 780. The lowest BCUT2D eigenvalue weighted by Gasteiger charge is -2.15. The van der Waals surface area contributed by atoms with E-state index in [1.807, 2.05) is 25.1 Å². The Morgan fingerprint density at radius 2 is 1.64 bits per heavy atom. The summed E-state index contributed by atoms with van der Waals surface area (Å²) in [6.07, 6.45) is 3.40. The van der Waals surface area contributed by atoms with Crippen molar-refractivity contribution in [1.82, 2.24) is 5.32 Å². The molecule has 0 saturated carbocycles. The number of nitrogens with one attached hydrogen (secondary N) is 2. The van der Waals surface area contributed by atoms with Crippen LogP contribution >= 0.6 is 0 Å². The highest BCUT2D eigenvalue weighted by Crippen LogP contribution is 2.38. The van der Waals surface area contributed by atoms with Gasteiger partial charge in [-0.25, -0.2) is 4.79 Å². The molecule has 2 amide bonds. The molecule has 0 heterocycles. The van der Waals surface area contributed by atoms with Gasteiger partial charge in [0.05, 0.1) is 21.3 Å². The van der Waals surface area contributed by atoms with Gasteiger partial charge in [-0.15, -0.1) is 0 Å². The number of rotatable bonds is 9. The average molecular weight is 386 g/mol. The minimum Gasteiger partial charge on any atom is -0.493 e. The standard InChI is InChI=1S/C22H30N2O4/c1-6-7-8-16-9-10-18(15(2)11-16)24-22(25)23-14-17-12-19(26-3)21(28-5)20(13-17)27-4/h9-13H,6-8,14H2,1-5H3,(H2,23,24,25). The minimum atomic E-state index is -0.266. The van der Waals surface area contributed by atoms with Crippen molar-refractivity contribution < 1.29 is 19.0 Å². The van der Waals surface area contributed by atoms with Gasteiger partial charge in [-0.3, -0.25) is 0 Å². The summed E-state index contributed by atoms with van der Waals surface area (Å²) in [7, 11) is 4.68. The Morgan fingerprint density at radius 1 is 0.964 bits per heavy atom. The first-order valence-electron chi connectivity index (χ1n) is 9.45. The molecule has 2 rings (SSSR count). The summed E-state index contributed by atoms with van der Waals surface area (Å²) in [4.78, 5) is 12.3. The Balaban J connectivity index is 2.01. The van der Waals surface area contributed by atoms with E-state index in [0.29, 0.717) is 23.8 Å². The fraction of sp³-hybridized carbons (Fsp3) is 0.409. The van der Waals surface area contributed by atoms with E-state index in [9.17, 15) is 4.79 Å². The molecule has 0 aliphatic rings. The summed E-state index contributed by atoms with van der Waals surface area (Å²) in [5, 5.41) is 5.77. The first-order chi connectivity index (χ1) is 13.5. The molecule has 152 valence electrons. The van der Waals surface area contributed by atoms with Gasteiger partial charge in [0.25, 0.3) is 0 Å². The number of unbranched alkanes of at least 4 members (excludes halogenated alkanes) is 1. The van der Waals surface area contributed by atoms with Crippen LogP contribution < -0.4 is 24.8 Å². The molecule has 6 nitrogen and oxygen atoms in total. The van der Waals surface area contributed by atoms with Gasteiger partial charge in [0.1, 0.15) is 0 Å². The van der Waals surface area contributed by atoms with Crippen molar-refractivity contribution in [2.45, 2.75) is 39.7 Å². The fourth-order valence-electron chi connectivity index (χ4n) is 2.99. The number of aryl methyl sites for hydroxylation is 2. The molecule has 0 atom stereocenters. The van der Waals surface area contributed by atoms with Gasteiger partial charge in [0.15, 0.2) is 11.5 Å². The van der Waals surface area contributed by atoms with E-state index in [1.54, 1.807) is 21.3 Å². The number of carbonyl (C=O) groups excluding carboxylic acids is 1. The van der Waals surface area contributed by atoms with E-state index in [1.165, 1.54) is 18.4 Å². The van der Waals surface area contributed by atoms with Crippen LogP contribution in [0.15, 0.2) is 30.3 Å². The molecule has 28 heavy (non-hydrogen) atoms. The molecule has 2 aromatic carbocycles. The molecule has 0 fully saturated rings. The molecule has 0 spiro atoms. The van der Waals surface area contributed by atoms with Crippen LogP contribution in [0, 0.1) is 6.92 Å². The highest BCUT2D eigenvalue weighted by molar-refractivity contribution is 5.90. The zero-order valence-electron chi connectivity index (χ0n) is 17.3. The second-order valence-electron chi connectivity index (χ2n) is 6.59. The first kappa shape index (κ1) is 21.4. The predicted octanol–water partition coefficient (Wildman–Crippen LogP) is 4.69. The summed E-state index contributed by atoms with van der Waals surface area (Å²) < 4.78 is 16.0. The molecule has 0 aromatic heterocycles. The van der Waals surface area contributed by atoms with Crippen molar-refractivity contribution in [2.75, 3.05) is 26.6 Å². The molecule has 0 bridgehead atoms. The lowest BCUT2D eigenvalue weighted by Crippen LogP contribution is -2.28. The first-order valence-corrected chi connectivity index (χ1v) is 9.45. The van der Waals surface area contributed by atoms with Crippen LogP contribution in [-0.2, 0) is 13.0 Å². The molecule has 0 unspecified atom stereocenters. The Hall–Kier alpha value is -2.89. The van der Waals surface area contributed by atoms with E-state index in [4.69, 9.17) is 14.2 Å². The smallest absolute Gasteiger partial charge is 0.319 e. The van der Waals surface area contributed by atoms with Crippen LogP contribution in [0.2, 0.25) is 0 Å².